The van der Waals surface area contributed by atoms with Crippen molar-refractivity contribution in [2.45, 2.75) is 111 Å². The molecule has 29 heavy (non-hydrogen) atoms. The SMILES string of the molecule is CC(C)CCC1O[C@H]2C[C@H]3[C@@H]4CC(=O)C5CCCC[C@]5(C)[C@H]4CC[C@]3(C)[C@H]2[C@@H]1C. The number of ether oxygens (including phenoxy) is 1. The molecule has 4 aliphatic carbocycles. The smallest absolute Gasteiger partial charge is 0.136 e. The van der Waals surface area contributed by atoms with Gasteiger partial charge in [-0.2, -0.15) is 0 Å². The van der Waals surface area contributed by atoms with E-state index in [1.165, 1.54) is 57.8 Å². The normalized spacial score (nSPS) is 54.1. The molecule has 2 unspecified atom stereocenters. The van der Waals surface area contributed by atoms with E-state index in [-0.39, 0.29) is 0 Å². The minimum Gasteiger partial charge on any atom is -0.374 e. The highest BCUT2D eigenvalue weighted by molar-refractivity contribution is 5.83. The first kappa shape index (κ1) is 20.5. The lowest BCUT2D eigenvalue weighted by Crippen LogP contribution is -2.56. The van der Waals surface area contributed by atoms with Crippen LogP contribution in [0.2, 0.25) is 0 Å². The van der Waals surface area contributed by atoms with Crippen molar-refractivity contribution in [3.8, 4) is 0 Å². The number of hydrogen-bond acceptors (Lipinski definition) is 2. The number of carbonyl (C=O) groups excluding carboxylic acids is 1. The standard InChI is InChI=1S/C27H44O2/c1-16(2)9-10-23-17(3)25-24(29-23)15-21-18-14-22(28)20-8-6-7-12-26(20,4)19(18)11-13-27(21,25)5/h16-21,23-25H,6-15H2,1-5H3/t17-,18-,19+,20?,21+,23?,24+,25+,26-,27+/m1/s1. The van der Waals surface area contributed by atoms with Crippen LogP contribution in [-0.2, 0) is 9.53 Å². The van der Waals surface area contributed by atoms with Crippen molar-refractivity contribution in [1.82, 2.24) is 0 Å². The molecular formula is C27H44O2. The summed E-state index contributed by atoms with van der Waals surface area (Å²) in [6.45, 7) is 12.3. The predicted molar refractivity (Wildman–Crippen MR) is 118 cm³/mol. The summed E-state index contributed by atoms with van der Waals surface area (Å²) in [5.74, 6) is 5.30. The zero-order chi connectivity index (χ0) is 20.6. The molecule has 0 aromatic heterocycles. The molecule has 4 saturated carbocycles. The fourth-order valence-corrected chi connectivity index (χ4v) is 9.61. The monoisotopic (exact) mass is 400 g/mol. The minimum absolute atomic E-state index is 0.295. The molecule has 164 valence electrons. The van der Waals surface area contributed by atoms with E-state index in [4.69, 9.17) is 4.74 Å². The van der Waals surface area contributed by atoms with Crippen molar-refractivity contribution in [1.29, 1.82) is 0 Å². The average molecular weight is 401 g/mol. The first-order valence-electron chi connectivity index (χ1n) is 12.9. The summed E-state index contributed by atoms with van der Waals surface area (Å²) in [6, 6.07) is 0. The van der Waals surface area contributed by atoms with Gasteiger partial charge in [-0.05, 0) is 91.3 Å². The molecule has 0 radical (unpaired) electrons. The van der Waals surface area contributed by atoms with Gasteiger partial charge in [-0.1, -0.05) is 47.5 Å². The van der Waals surface area contributed by atoms with E-state index in [1.807, 2.05) is 0 Å². The van der Waals surface area contributed by atoms with Gasteiger partial charge in [-0.25, -0.2) is 0 Å². The molecule has 0 bridgehead atoms. The van der Waals surface area contributed by atoms with Crippen molar-refractivity contribution in [2.24, 2.45) is 52.3 Å². The Hall–Kier alpha value is -0.370. The van der Waals surface area contributed by atoms with Crippen molar-refractivity contribution in [2.75, 3.05) is 0 Å². The van der Waals surface area contributed by atoms with Gasteiger partial charge in [0.2, 0.25) is 0 Å². The summed E-state index contributed by atoms with van der Waals surface area (Å²) in [4.78, 5) is 13.3. The molecule has 2 heteroatoms. The Morgan fingerprint density at radius 1 is 1.07 bits per heavy atom. The maximum Gasteiger partial charge on any atom is 0.136 e. The van der Waals surface area contributed by atoms with E-state index in [2.05, 4.69) is 34.6 Å². The third-order valence-corrected chi connectivity index (χ3v) is 11.0. The van der Waals surface area contributed by atoms with E-state index in [9.17, 15) is 4.79 Å². The zero-order valence-corrected chi connectivity index (χ0v) is 19.6. The fraction of sp³-hybridized carbons (Fsp3) is 0.963. The summed E-state index contributed by atoms with van der Waals surface area (Å²) in [5, 5.41) is 0. The van der Waals surface area contributed by atoms with Crippen LogP contribution in [0.15, 0.2) is 0 Å². The summed E-state index contributed by atoms with van der Waals surface area (Å²) >= 11 is 0. The summed E-state index contributed by atoms with van der Waals surface area (Å²) in [7, 11) is 0. The molecule has 1 heterocycles. The second-order valence-electron chi connectivity index (χ2n) is 12.7. The third-order valence-electron chi connectivity index (χ3n) is 11.0. The van der Waals surface area contributed by atoms with Crippen LogP contribution >= 0.6 is 0 Å². The van der Waals surface area contributed by atoms with E-state index in [1.54, 1.807) is 0 Å². The highest BCUT2D eigenvalue weighted by atomic mass is 16.5. The quantitative estimate of drug-likeness (QED) is 0.529. The van der Waals surface area contributed by atoms with Crippen LogP contribution < -0.4 is 0 Å². The second kappa shape index (κ2) is 7.07. The Morgan fingerprint density at radius 2 is 1.86 bits per heavy atom. The Labute approximate surface area is 178 Å². The van der Waals surface area contributed by atoms with Gasteiger partial charge < -0.3 is 4.74 Å². The number of hydrogen-bond donors (Lipinski definition) is 0. The highest BCUT2D eigenvalue weighted by Crippen LogP contribution is 2.69. The minimum atomic E-state index is 0.295. The van der Waals surface area contributed by atoms with Gasteiger partial charge in [-0.15, -0.1) is 0 Å². The number of carbonyl (C=O) groups is 1. The summed E-state index contributed by atoms with van der Waals surface area (Å²) in [5.41, 5.74) is 0.694. The Morgan fingerprint density at radius 3 is 2.62 bits per heavy atom. The van der Waals surface area contributed by atoms with E-state index >= 15 is 0 Å². The van der Waals surface area contributed by atoms with E-state index in [0.29, 0.717) is 52.5 Å². The molecule has 0 aromatic carbocycles. The zero-order valence-electron chi connectivity index (χ0n) is 19.6. The van der Waals surface area contributed by atoms with Gasteiger partial charge in [0.25, 0.3) is 0 Å². The molecule has 5 fully saturated rings. The molecule has 0 N–H and O–H groups in total. The van der Waals surface area contributed by atoms with Crippen molar-refractivity contribution in [3.63, 3.8) is 0 Å². The lowest BCUT2D eigenvalue weighted by molar-refractivity contribution is -0.154. The first-order chi connectivity index (χ1) is 13.8. The molecule has 0 aromatic rings. The summed E-state index contributed by atoms with van der Waals surface area (Å²) < 4.78 is 6.76. The largest absolute Gasteiger partial charge is 0.374 e. The van der Waals surface area contributed by atoms with Crippen molar-refractivity contribution in [3.05, 3.63) is 0 Å². The van der Waals surface area contributed by atoms with Crippen LogP contribution in [0.3, 0.4) is 0 Å². The Balaban J connectivity index is 1.38. The number of rotatable bonds is 3. The molecule has 10 atom stereocenters. The van der Waals surface area contributed by atoms with E-state index < -0.39 is 0 Å². The topological polar surface area (TPSA) is 26.3 Å². The molecule has 0 spiro atoms. The molecule has 0 amide bonds. The molecule has 1 aliphatic heterocycles. The van der Waals surface area contributed by atoms with Gasteiger partial charge in [0.05, 0.1) is 12.2 Å². The van der Waals surface area contributed by atoms with Crippen LogP contribution in [0.25, 0.3) is 0 Å². The molecule has 5 aliphatic rings. The molecule has 5 rings (SSSR count). The number of ketones is 1. The Bertz CT molecular complexity index is 655. The maximum atomic E-state index is 13.3. The highest BCUT2D eigenvalue weighted by Gasteiger charge is 2.66. The van der Waals surface area contributed by atoms with Gasteiger partial charge in [0.1, 0.15) is 5.78 Å². The van der Waals surface area contributed by atoms with Gasteiger partial charge in [0, 0.05) is 12.3 Å². The fourth-order valence-electron chi connectivity index (χ4n) is 9.61. The lowest BCUT2D eigenvalue weighted by atomic mass is 9.44. The molecule has 1 saturated heterocycles. The second-order valence-corrected chi connectivity index (χ2v) is 12.7. The van der Waals surface area contributed by atoms with Gasteiger partial charge >= 0.3 is 0 Å². The van der Waals surface area contributed by atoms with Crippen LogP contribution in [0.4, 0.5) is 0 Å². The van der Waals surface area contributed by atoms with Gasteiger partial charge in [0.15, 0.2) is 0 Å². The average Bonchev–Trinajstić information content (AvgIpc) is 3.14. The van der Waals surface area contributed by atoms with Crippen LogP contribution in [0, 0.1) is 52.3 Å². The maximum absolute atomic E-state index is 13.3. The first-order valence-corrected chi connectivity index (χ1v) is 12.9. The van der Waals surface area contributed by atoms with E-state index in [0.717, 1.165) is 24.2 Å². The van der Waals surface area contributed by atoms with Crippen LogP contribution in [0.5, 0.6) is 0 Å². The predicted octanol–water partition coefficient (Wildman–Crippen LogP) is 6.66. The van der Waals surface area contributed by atoms with Crippen molar-refractivity contribution >= 4 is 5.78 Å². The number of Topliss-reactive ketones (excluding diaryl/α,β-unsaturated/α-hetero) is 1. The van der Waals surface area contributed by atoms with Gasteiger partial charge in [-0.3, -0.25) is 4.79 Å². The summed E-state index contributed by atoms with van der Waals surface area (Å²) in [6.07, 6.45) is 13.4. The third kappa shape index (κ3) is 2.94. The lowest BCUT2D eigenvalue weighted by Gasteiger charge is -2.60. The molecule has 2 nitrogen and oxygen atoms in total. The van der Waals surface area contributed by atoms with Crippen LogP contribution in [-0.4, -0.2) is 18.0 Å². The molecular weight excluding hydrogens is 356 g/mol. The van der Waals surface area contributed by atoms with Crippen molar-refractivity contribution < 1.29 is 9.53 Å². The number of fused-ring (bicyclic) bond motifs is 7. The van der Waals surface area contributed by atoms with Crippen LogP contribution in [0.1, 0.15) is 98.8 Å². The Kier molecular flexibility index (Phi) is 5.01.